The van der Waals surface area contributed by atoms with Gasteiger partial charge in [-0.2, -0.15) is 0 Å². The number of hydrogen-bond acceptors (Lipinski definition) is 2. The summed E-state index contributed by atoms with van der Waals surface area (Å²) in [4.78, 5) is 0. The molecule has 0 saturated heterocycles. The third-order valence-corrected chi connectivity index (χ3v) is 2.14. The monoisotopic (exact) mass is 130 g/mol. The van der Waals surface area contributed by atoms with Crippen LogP contribution in [0.25, 0.3) is 0 Å². The Bertz CT molecular complexity index is 82.9. The number of rotatable bonds is 0. The highest BCUT2D eigenvalue weighted by atomic mass is 16.3. The lowest BCUT2D eigenvalue weighted by Crippen LogP contribution is -2.35. The first-order chi connectivity index (χ1) is 4.22. The summed E-state index contributed by atoms with van der Waals surface area (Å²) in [5.41, 5.74) is 0. The Morgan fingerprint density at radius 2 is 1.89 bits per heavy atom. The van der Waals surface area contributed by atoms with Crippen molar-refractivity contribution < 1.29 is 10.2 Å². The van der Waals surface area contributed by atoms with Crippen LogP contribution in [0.15, 0.2) is 0 Å². The second-order valence-corrected chi connectivity index (χ2v) is 2.97. The molecule has 0 heterocycles. The molecule has 0 spiro atoms. The molecule has 2 heteroatoms. The minimum atomic E-state index is -0.473. The van der Waals surface area contributed by atoms with Crippen molar-refractivity contribution in [2.24, 2.45) is 5.92 Å². The maximum absolute atomic E-state index is 9.20. The molecule has 1 aliphatic rings. The van der Waals surface area contributed by atoms with Crippen molar-refractivity contribution in [3.8, 4) is 0 Å². The minimum absolute atomic E-state index is 0.286. The molecule has 2 nitrogen and oxygen atoms in total. The zero-order valence-corrected chi connectivity index (χ0v) is 5.75. The van der Waals surface area contributed by atoms with Gasteiger partial charge in [-0.05, 0) is 18.8 Å². The Balaban J connectivity index is 2.41. The molecule has 2 N–H and O–H groups in total. The first-order valence-corrected chi connectivity index (χ1v) is 3.58. The van der Waals surface area contributed by atoms with Crippen molar-refractivity contribution in [3.05, 3.63) is 0 Å². The Morgan fingerprint density at radius 3 is 2.33 bits per heavy atom. The molecule has 9 heavy (non-hydrogen) atoms. The van der Waals surface area contributed by atoms with Crippen LogP contribution in [-0.4, -0.2) is 22.4 Å². The van der Waals surface area contributed by atoms with Gasteiger partial charge >= 0.3 is 0 Å². The van der Waals surface area contributed by atoms with E-state index in [1.54, 1.807) is 0 Å². The number of hydrogen-bond donors (Lipinski definition) is 2. The molecule has 3 atom stereocenters. The van der Waals surface area contributed by atoms with Crippen molar-refractivity contribution in [1.82, 2.24) is 0 Å². The van der Waals surface area contributed by atoms with Gasteiger partial charge in [0.05, 0.1) is 12.2 Å². The molecule has 1 saturated carbocycles. The van der Waals surface area contributed by atoms with Gasteiger partial charge in [0.1, 0.15) is 0 Å². The zero-order valence-electron chi connectivity index (χ0n) is 5.75. The fraction of sp³-hybridized carbons (Fsp3) is 1.00. The maximum atomic E-state index is 9.20. The van der Waals surface area contributed by atoms with Crippen molar-refractivity contribution in [2.45, 2.75) is 38.4 Å². The summed E-state index contributed by atoms with van der Waals surface area (Å²) in [5, 5.41) is 18.3. The van der Waals surface area contributed by atoms with E-state index < -0.39 is 12.2 Å². The van der Waals surface area contributed by atoms with Crippen LogP contribution in [0.1, 0.15) is 26.2 Å². The minimum Gasteiger partial charge on any atom is -0.390 e. The molecule has 0 aromatic heterocycles. The van der Waals surface area contributed by atoms with Crippen LogP contribution in [0.3, 0.4) is 0 Å². The van der Waals surface area contributed by atoms with E-state index in [-0.39, 0.29) is 5.92 Å². The zero-order chi connectivity index (χ0) is 6.85. The Hall–Kier alpha value is -0.0800. The van der Waals surface area contributed by atoms with E-state index in [1.165, 1.54) is 0 Å². The predicted octanol–water partition coefficient (Wildman–Crippen LogP) is 0.528. The number of aliphatic hydroxyl groups is 2. The van der Waals surface area contributed by atoms with E-state index >= 15 is 0 Å². The van der Waals surface area contributed by atoms with Gasteiger partial charge in [-0.1, -0.05) is 13.3 Å². The third kappa shape index (κ3) is 1.43. The van der Waals surface area contributed by atoms with Crippen molar-refractivity contribution >= 4 is 0 Å². The topological polar surface area (TPSA) is 40.5 Å². The van der Waals surface area contributed by atoms with Gasteiger partial charge in [0.15, 0.2) is 0 Å². The standard InChI is InChI=1S/C7H14O2/c1-5-3-2-4-6(8)7(5)9/h5-9H,2-4H2,1H3/t5-,6-,7+/m0/s1. The van der Waals surface area contributed by atoms with E-state index in [4.69, 9.17) is 5.11 Å². The average Bonchev–Trinajstić information content (AvgIpc) is 1.83. The van der Waals surface area contributed by atoms with E-state index in [0.29, 0.717) is 0 Å². The molecule has 0 bridgehead atoms. The Kier molecular flexibility index (Phi) is 2.09. The van der Waals surface area contributed by atoms with E-state index in [1.807, 2.05) is 6.92 Å². The molecule has 0 aromatic rings. The van der Waals surface area contributed by atoms with Crippen LogP contribution < -0.4 is 0 Å². The van der Waals surface area contributed by atoms with Crippen LogP contribution in [0.5, 0.6) is 0 Å². The van der Waals surface area contributed by atoms with Gasteiger partial charge in [0.2, 0.25) is 0 Å². The second kappa shape index (κ2) is 2.67. The van der Waals surface area contributed by atoms with Crippen molar-refractivity contribution in [3.63, 3.8) is 0 Å². The summed E-state index contributed by atoms with van der Waals surface area (Å²) in [5.74, 6) is 0.286. The molecule has 1 fully saturated rings. The summed E-state index contributed by atoms with van der Waals surface area (Å²) in [7, 11) is 0. The largest absolute Gasteiger partial charge is 0.390 e. The molecule has 0 radical (unpaired) electrons. The highest BCUT2D eigenvalue weighted by Gasteiger charge is 2.26. The molecular formula is C7H14O2. The predicted molar refractivity (Wildman–Crippen MR) is 35.0 cm³/mol. The van der Waals surface area contributed by atoms with Gasteiger partial charge in [0.25, 0.3) is 0 Å². The molecular weight excluding hydrogens is 116 g/mol. The van der Waals surface area contributed by atoms with Gasteiger partial charge in [-0.3, -0.25) is 0 Å². The smallest absolute Gasteiger partial charge is 0.0824 e. The first kappa shape index (κ1) is 7.03. The summed E-state index contributed by atoms with van der Waals surface area (Å²) < 4.78 is 0. The van der Waals surface area contributed by atoms with Crippen LogP contribution in [-0.2, 0) is 0 Å². The molecule has 54 valence electrons. The van der Waals surface area contributed by atoms with Crippen LogP contribution in [0.2, 0.25) is 0 Å². The van der Waals surface area contributed by atoms with Gasteiger partial charge in [0, 0.05) is 0 Å². The highest BCUT2D eigenvalue weighted by molar-refractivity contribution is 4.78. The Labute approximate surface area is 55.5 Å². The lowest BCUT2D eigenvalue weighted by molar-refractivity contribution is -0.0391. The van der Waals surface area contributed by atoms with E-state index in [9.17, 15) is 5.11 Å². The van der Waals surface area contributed by atoms with Crippen molar-refractivity contribution in [1.29, 1.82) is 0 Å². The first-order valence-electron chi connectivity index (χ1n) is 3.58. The maximum Gasteiger partial charge on any atom is 0.0824 e. The summed E-state index contributed by atoms with van der Waals surface area (Å²) in [6.07, 6.45) is 1.94. The summed E-state index contributed by atoms with van der Waals surface area (Å²) in [6, 6.07) is 0. The number of aliphatic hydroxyl groups excluding tert-OH is 2. The SMILES string of the molecule is C[C@H]1CCC[C@H](O)[C@@H]1O. The van der Waals surface area contributed by atoms with Crippen LogP contribution >= 0.6 is 0 Å². The fourth-order valence-corrected chi connectivity index (χ4v) is 1.37. The molecule has 1 rings (SSSR count). The summed E-state index contributed by atoms with van der Waals surface area (Å²) in [6.45, 7) is 1.98. The second-order valence-electron chi connectivity index (χ2n) is 2.97. The lowest BCUT2D eigenvalue weighted by atomic mass is 9.86. The quantitative estimate of drug-likeness (QED) is 0.502. The molecule has 1 aliphatic carbocycles. The average molecular weight is 130 g/mol. The van der Waals surface area contributed by atoms with Gasteiger partial charge in [-0.15, -0.1) is 0 Å². The van der Waals surface area contributed by atoms with Gasteiger partial charge < -0.3 is 10.2 Å². The molecule has 0 unspecified atom stereocenters. The fourth-order valence-electron chi connectivity index (χ4n) is 1.37. The molecule has 0 aliphatic heterocycles. The molecule has 0 amide bonds. The Morgan fingerprint density at radius 1 is 1.22 bits per heavy atom. The van der Waals surface area contributed by atoms with E-state index in [2.05, 4.69) is 0 Å². The molecule has 0 aromatic carbocycles. The highest BCUT2D eigenvalue weighted by Crippen LogP contribution is 2.23. The normalized spacial score (nSPS) is 45.0. The van der Waals surface area contributed by atoms with E-state index in [0.717, 1.165) is 19.3 Å². The summed E-state index contributed by atoms with van der Waals surface area (Å²) >= 11 is 0. The van der Waals surface area contributed by atoms with Gasteiger partial charge in [-0.25, -0.2) is 0 Å². The lowest BCUT2D eigenvalue weighted by Gasteiger charge is -2.28. The van der Waals surface area contributed by atoms with Crippen molar-refractivity contribution in [2.75, 3.05) is 0 Å². The third-order valence-electron chi connectivity index (χ3n) is 2.14. The van der Waals surface area contributed by atoms with Crippen LogP contribution in [0, 0.1) is 5.92 Å². The van der Waals surface area contributed by atoms with Crippen LogP contribution in [0.4, 0.5) is 0 Å².